The molecule has 1 N–H and O–H groups in total. The van der Waals surface area contributed by atoms with E-state index in [-0.39, 0.29) is 5.41 Å². The second kappa shape index (κ2) is 13.9. The molecule has 1 aliphatic rings. The fourth-order valence-corrected chi connectivity index (χ4v) is 11.7. The van der Waals surface area contributed by atoms with Gasteiger partial charge >= 0.3 is 0 Å². The molecule has 4 nitrogen and oxygen atoms in total. The molecule has 0 aliphatic carbocycles. The largest absolute Gasteiger partial charge is 0.456 e. The third kappa shape index (κ3) is 5.58. The number of benzene rings is 9. The fraction of sp³-hybridized carbons (Fsp3) is 0.0667. The van der Waals surface area contributed by atoms with Gasteiger partial charge in [-0.2, -0.15) is 0 Å². The number of thiophene rings is 1. The fourth-order valence-electron chi connectivity index (χ4n) is 10.6. The molecule has 311 valence electrons. The lowest BCUT2D eigenvalue weighted by Gasteiger charge is -2.24. The predicted octanol–water partition coefficient (Wildman–Crippen LogP) is 15.8. The average molecular weight is 864 g/mol. The van der Waals surface area contributed by atoms with Crippen molar-refractivity contribution in [1.82, 2.24) is 4.57 Å². The maximum Gasteiger partial charge on any atom is 0.197 e. The van der Waals surface area contributed by atoms with Crippen molar-refractivity contribution in [2.45, 2.75) is 26.2 Å². The molecule has 14 rings (SSSR count). The molecule has 0 bridgehead atoms. The summed E-state index contributed by atoms with van der Waals surface area (Å²) in [6.07, 6.45) is 0. The molecule has 13 aromatic rings. The van der Waals surface area contributed by atoms with Gasteiger partial charge in [-0.15, -0.1) is 11.3 Å². The molecular weight excluding hydrogens is 824 g/mol. The van der Waals surface area contributed by atoms with Crippen LogP contribution in [0.1, 0.15) is 26.3 Å². The van der Waals surface area contributed by atoms with Crippen LogP contribution < -0.4 is 16.2 Å². The number of hydrogen-bond donors (Lipinski definition) is 1. The van der Waals surface area contributed by atoms with E-state index in [2.05, 4.69) is 214 Å². The van der Waals surface area contributed by atoms with Crippen molar-refractivity contribution in [3.8, 4) is 39.5 Å². The smallest absolute Gasteiger partial charge is 0.197 e. The van der Waals surface area contributed by atoms with Crippen molar-refractivity contribution >= 4 is 116 Å². The van der Waals surface area contributed by atoms with Gasteiger partial charge in [0.25, 0.3) is 0 Å². The van der Waals surface area contributed by atoms with E-state index in [0.717, 1.165) is 99.9 Å². The molecule has 5 heterocycles. The van der Waals surface area contributed by atoms with Gasteiger partial charge in [0.15, 0.2) is 7.28 Å². The standard InChI is InChI=1S/C60H40BN2O2S/c1-60(2,3)36-22-24-37(25-23-36)62-49-33-55-45(39-19-11-13-21-54(39)66-55)28-42(49)40-26-27-41-43-32-53-44(38-18-10-12-20-52(38)64-53)30-50(43)63-51-31-47-46(29-48(51)61-56(40)57(41)63)58(34-14-6-4-7-15-34)65-59(47)35-16-8-5-9-17-35/h4-33,62H,1-3H3. The highest BCUT2D eigenvalue weighted by atomic mass is 32.1. The molecule has 6 heteroatoms. The number of hydrogen-bond acceptors (Lipinski definition) is 4. The first-order chi connectivity index (χ1) is 32.3. The minimum atomic E-state index is 0.0605. The molecule has 0 saturated heterocycles. The molecule has 9 aromatic carbocycles. The topological polar surface area (TPSA) is 43.2 Å². The van der Waals surface area contributed by atoms with Crippen LogP contribution in [0.5, 0.6) is 0 Å². The lowest BCUT2D eigenvalue weighted by atomic mass is 9.58. The van der Waals surface area contributed by atoms with Gasteiger partial charge in [0.1, 0.15) is 22.7 Å². The van der Waals surface area contributed by atoms with Crippen LogP contribution in [0.2, 0.25) is 0 Å². The molecule has 0 spiro atoms. The van der Waals surface area contributed by atoms with Gasteiger partial charge in [-0.1, -0.05) is 154 Å². The number of aromatic nitrogens is 1. The first kappa shape index (κ1) is 37.6. The molecule has 4 aromatic heterocycles. The maximum atomic E-state index is 6.99. The normalized spacial score (nSPS) is 12.6. The van der Waals surface area contributed by atoms with E-state index in [4.69, 9.17) is 8.83 Å². The van der Waals surface area contributed by atoms with Crippen LogP contribution in [0.4, 0.5) is 11.4 Å². The van der Waals surface area contributed by atoms with Gasteiger partial charge in [-0.05, 0) is 76.6 Å². The zero-order valence-electron chi connectivity index (χ0n) is 36.6. The summed E-state index contributed by atoms with van der Waals surface area (Å²) in [6, 6.07) is 65.9. The third-order valence-corrected chi connectivity index (χ3v) is 14.9. The lowest BCUT2D eigenvalue weighted by molar-refractivity contribution is 0.590. The summed E-state index contributed by atoms with van der Waals surface area (Å²) in [5.74, 6) is 1.73. The van der Waals surface area contributed by atoms with Crippen molar-refractivity contribution < 1.29 is 8.83 Å². The summed E-state index contributed by atoms with van der Waals surface area (Å²) >= 11 is 1.85. The van der Waals surface area contributed by atoms with E-state index in [9.17, 15) is 0 Å². The molecule has 0 saturated carbocycles. The number of nitrogens with one attached hydrogen (secondary N) is 1. The Labute approximate surface area is 385 Å². The van der Waals surface area contributed by atoms with Crippen molar-refractivity contribution in [3.05, 3.63) is 188 Å². The number of para-hydroxylation sites is 1. The van der Waals surface area contributed by atoms with Gasteiger partial charge in [0, 0.05) is 91.8 Å². The Hall–Kier alpha value is -7.80. The van der Waals surface area contributed by atoms with Crippen LogP contribution in [0.3, 0.4) is 0 Å². The Morgan fingerprint density at radius 3 is 1.95 bits per heavy atom. The SMILES string of the molecule is CC(C)(C)c1ccc(Nc2cc3sc4ccccc4c3cc2-c2ccc3c4cc5oc6ccccc6c5cc4n4c3c2[B]c2cc3c(-c5ccccc5)oc(-c5ccccc5)c3cc2-4)cc1. The second-order valence-corrected chi connectivity index (χ2v) is 19.8. The first-order valence-corrected chi connectivity index (χ1v) is 23.5. The molecule has 0 unspecified atom stereocenters. The number of nitrogens with zero attached hydrogens (tertiary/aromatic N) is 1. The van der Waals surface area contributed by atoms with Crippen LogP contribution in [0.15, 0.2) is 191 Å². The molecule has 1 radical (unpaired) electrons. The van der Waals surface area contributed by atoms with E-state index in [1.165, 1.54) is 42.1 Å². The first-order valence-electron chi connectivity index (χ1n) is 22.6. The lowest BCUT2D eigenvalue weighted by Crippen LogP contribution is -2.37. The molecule has 1 aliphatic heterocycles. The van der Waals surface area contributed by atoms with Crippen molar-refractivity contribution in [2.24, 2.45) is 0 Å². The summed E-state index contributed by atoms with van der Waals surface area (Å²) in [4.78, 5) is 0. The van der Waals surface area contributed by atoms with Crippen LogP contribution in [0, 0.1) is 0 Å². The van der Waals surface area contributed by atoms with Crippen LogP contribution in [-0.2, 0) is 5.41 Å². The molecular formula is C60H40BN2O2S. The van der Waals surface area contributed by atoms with E-state index >= 15 is 0 Å². The zero-order valence-corrected chi connectivity index (χ0v) is 37.4. The number of fused-ring (bicyclic) bond motifs is 12. The molecule has 0 amide bonds. The Bertz CT molecular complexity index is 4130. The minimum Gasteiger partial charge on any atom is -0.456 e. The molecule has 0 fully saturated rings. The number of anilines is 2. The Kier molecular flexibility index (Phi) is 7.89. The van der Waals surface area contributed by atoms with Crippen molar-refractivity contribution in [3.63, 3.8) is 0 Å². The summed E-state index contributed by atoms with van der Waals surface area (Å²) in [5.41, 5.74) is 15.4. The van der Waals surface area contributed by atoms with Crippen LogP contribution in [-0.4, -0.2) is 11.8 Å². The summed E-state index contributed by atoms with van der Waals surface area (Å²) in [6.45, 7) is 6.79. The highest BCUT2D eigenvalue weighted by molar-refractivity contribution is 7.25. The Morgan fingerprint density at radius 2 is 1.20 bits per heavy atom. The summed E-state index contributed by atoms with van der Waals surface area (Å²) < 4.78 is 18.6. The van der Waals surface area contributed by atoms with E-state index in [0.29, 0.717) is 0 Å². The van der Waals surface area contributed by atoms with Gasteiger partial charge in [-0.25, -0.2) is 0 Å². The third-order valence-electron chi connectivity index (χ3n) is 13.8. The monoisotopic (exact) mass is 863 g/mol. The van der Waals surface area contributed by atoms with Gasteiger partial charge in [0.2, 0.25) is 0 Å². The van der Waals surface area contributed by atoms with E-state index in [1.54, 1.807) is 0 Å². The Balaban J connectivity index is 1.07. The predicted molar refractivity (Wildman–Crippen MR) is 280 cm³/mol. The van der Waals surface area contributed by atoms with E-state index < -0.39 is 0 Å². The average Bonchev–Trinajstić information content (AvgIpc) is 4.10. The Morgan fingerprint density at radius 1 is 0.500 bits per heavy atom. The number of furan rings is 2. The maximum absolute atomic E-state index is 6.99. The quantitative estimate of drug-likeness (QED) is 0.175. The summed E-state index contributed by atoms with van der Waals surface area (Å²) in [7, 11) is 2.42. The number of rotatable bonds is 5. The van der Waals surface area contributed by atoms with Crippen LogP contribution >= 0.6 is 11.3 Å². The second-order valence-electron chi connectivity index (χ2n) is 18.8. The van der Waals surface area contributed by atoms with E-state index in [1.807, 2.05) is 17.4 Å². The van der Waals surface area contributed by atoms with Gasteiger partial charge in [-0.3, -0.25) is 0 Å². The van der Waals surface area contributed by atoms with Crippen molar-refractivity contribution in [1.29, 1.82) is 0 Å². The van der Waals surface area contributed by atoms with Gasteiger partial charge < -0.3 is 18.7 Å². The summed E-state index contributed by atoms with van der Waals surface area (Å²) in [5, 5.41) is 13.2. The minimum absolute atomic E-state index is 0.0605. The van der Waals surface area contributed by atoms with Crippen LogP contribution in [0.25, 0.3) is 114 Å². The van der Waals surface area contributed by atoms with Gasteiger partial charge in [0.05, 0.1) is 5.52 Å². The molecule has 0 atom stereocenters. The van der Waals surface area contributed by atoms with Crippen molar-refractivity contribution in [2.75, 3.05) is 5.32 Å². The molecule has 66 heavy (non-hydrogen) atoms. The highest BCUT2D eigenvalue weighted by Gasteiger charge is 2.30. The zero-order chi connectivity index (χ0) is 43.8. The highest BCUT2D eigenvalue weighted by Crippen LogP contribution is 2.46.